The highest BCUT2D eigenvalue weighted by molar-refractivity contribution is 6.32. The fraction of sp³-hybridized carbons (Fsp3) is 0.176. The first kappa shape index (κ1) is 30.5. The zero-order chi connectivity index (χ0) is 30.1. The number of halogens is 2. The molecule has 0 saturated carbocycles. The second-order valence-electron chi connectivity index (χ2n) is 9.50. The Bertz CT molecular complexity index is 1640. The summed E-state index contributed by atoms with van der Waals surface area (Å²) in [5, 5.41) is 13.4. The number of nitrogens with zero attached hydrogens (tertiary/aromatic N) is 1. The van der Waals surface area contributed by atoms with Gasteiger partial charge in [-0.25, -0.2) is 0 Å². The number of carbonyl (C=O) groups excluding carboxylic acids is 1. The van der Waals surface area contributed by atoms with E-state index in [4.69, 9.17) is 37.4 Å². The first-order valence-electron chi connectivity index (χ1n) is 13.3. The molecule has 0 fully saturated rings. The van der Waals surface area contributed by atoms with E-state index in [0.717, 1.165) is 11.1 Å². The Morgan fingerprint density at radius 2 is 1.64 bits per heavy atom. The number of hydrogen-bond acceptors (Lipinski definition) is 5. The molecule has 0 heterocycles. The summed E-state index contributed by atoms with van der Waals surface area (Å²) in [5.74, 6) is 0.868. The molecule has 42 heavy (non-hydrogen) atoms. The number of amides is 1. The number of carbonyl (C=O) groups is 1. The third-order valence-electron chi connectivity index (χ3n) is 6.43. The monoisotopic (exact) mass is 600 g/mol. The van der Waals surface area contributed by atoms with Crippen LogP contribution in [0.2, 0.25) is 10.0 Å². The minimum Gasteiger partial charge on any atom is -0.490 e. The Morgan fingerprint density at radius 3 is 2.33 bits per heavy atom. The number of anilines is 1. The summed E-state index contributed by atoms with van der Waals surface area (Å²) in [6, 6.07) is 25.7. The van der Waals surface area contributed by atoms with Crippen molar-refractivity contribution in [3.05, 3.63) is 122 Å². The molecule has 4 aromatic carbocycles. The van der Waals surface area contributed by atoms with E-state index in [1.165, 1.54) is 17.2 Å². The third kappa shape index (κ3) is 8.07. The molecule has 1 amide bonds. The maximum absolute atomic E-state index is 12.9. The van der Waals surface area contributed by atoms with Gasteiger partial charge in [0, 0.05) is 16.3 Å². The smallest absolute Gasteiger partial charge is 0.266 e. The summed E-state index contributed by atoms with van der Waals surface area (Å²) >= 11 is 12.8. The second kappa shape index (κ2) is 14.5. The van der Waals surface area contributed by atoms with Gasteiger partial charge in [0.1, 0.15) is 30.6 Å². The number of ether oxygens (including phenoxy) is 3. The molecule has 0 aromatic heterocycles. The summed E-state index contributed by atoms with van der Waals surface area (Å²) in [6.45, 7) is 6.97. The topological polar surface area (TPSA) is 80.6 Å². The van der Waals surface area contributed by atoms with E-state index in [1.807, 2.05) is 43.3 Å². The van der Waals surface area contributed by atoms with E-state index in [0.29, 0.717) is 58.4 Å². The molecule has 0 spiro atoms. The maximum atomic E-state index is 12.9. The highest BCUT2D eigenvalue weighted by atomic mass is 35.5. The highest BCUT2D eigenvalue weighted by Crippen LogP contribution is 2.38. The molecule has 0 saturated heterocycles. The van der Waals surface area contributed by atoms with E-state index in [9.17, 15) is 10.1 Å². The van der Waals surface area contributed by atoms with Gasteiger partial charge in [-0.3, -0.25) is 4.79 Å². The van der Waals surface area contributed by atoms with Gasteiger partial charge in [0.05, 0.1) is 11.6 Å². The van der Waals surface area contributed by atoms with Crippen molar-refractivity contribution in [3.63, 3.8) is 0 Å². The third-order valence-corrected chi connectivity index (χ3v) is 7.08. The van der Waals surface area contributed by atoms with Crippen LogP contribution in [0.4, 0.5) is 5.69 Å². The lowest BCUT2D eigenvalue weighted by molar-refractivity contribution is -0.112. The molecule has 0 radical (unpaired) electrons. The normalized spacial score (nSPS) is 11.0. The van der Waals surface area contributed by atoms with Crippen LogP contribution in [0.1, 0.15) is 34.7 Å². The average molecular weight is 602 g/mol. The Kier molecular flexibility index (Phi) is 10.5. The molecule has 214 valence electrons. The predicted molar refractivity (Wildman–Crippen MR) is 167 cm³/mol. The van der Waals surface area contributed by atoms with Gasteiger partial charge < -0.3 is 19.5 Å². The van der Waals surface area contributed by atoms with Gasteiger partial charge in [0.25, 0.3) is 5.91 Å². The Hall–Kier alpha value is -4.44. The van der Waals surface area contributed by atoms with E-state index in [1.54, 1.807) is 42.5 Å². The molecule has 0 unspecified atom stereocenters. The van der Waals surface area contributed by atoms with Crippen molar-refractivity contribution >= 4 is 40.9 Å². The van der Waals surface area contributed by atoms with Crippen molar-refractivity contribution in [3.8, 4) is 23.3 Å². The fourth-order valence-corrected chi connectivity index (χ4v) is 4.51. The number of aryl methyl sites for hydroxylation is 2. The number of hydrogen-bond donors (Lipinski definition) is 1. The van der Waals surface area contributed by atoms with Gasteiger partial charge in [-0.2, -0.15) is 5.26 Å². The number of nitrogens with one attached hydrogen (secondary N) is 1. The van der Waals surface area contributed by atoms with Crippen molar-refractivity contribution in [2.45, 2.75) is 34.0 Å². The number of benzene rings is 4. The van der Waals surface area contributed by atoms with Crippen LogP contribution < -0.4 is 19.5 Å². The summed E-state index contributed by atoms with van der Waals surface area (Å²) in [4.78, 5) is 12.9. The SMILES string of the molecule is CCOc1cc(/C=C(\C#N)C(=O)Nc2ccc(OCc3ccccc3Cl)cc2)cc(Cl)c1OCc1ccc(C)c(C)c1. The molecular formula is C34H30Cl2N2O4. The molecule has 4 rings (SSSR count). The van der Waals surface area contributed by atoms with Crippen molar-refractivity contribution in [2.75, 3.05) is 11.9 Å². The van der Waals surface area contributed by atoms with Gasteiger partial charge >= 0.3 is 0 Å². The van der Waals surface area contributed by atoms with Crippen LogP contribution in [0.15, 0.2) is 84.4 Å². The molecule has 0 aliphatic heterocycles. The molecule has 4 aromatic rings. The Labute approximate surface area is 256 Å². The largest absolute Gasteiger partial charge is 0.490 e. The van der Waals surface area contributed by atoms with Crippen LogP contribution in [0.5, 0.6) is 17.2 Å². The molecule has 1 N–H and O–H groups in total. The van der Waals surface area contributed by atoms with Gasteiger partial charge in [0.15, 0.2) is 11.5 Å². The zero-order valence-corrected chi connectivity index (χ0v) is 25.1. The average Bonchev–Trinajstić information content (AvgIpc) is 2.97. The van der Waals surface area contributed by atoms with Gasteiger partial charge in [-0.1, -0.05) is 59.6 Å². The molecule has 0 aliphatic carbocycles. The zero-order valence-electron chi connectivity index (χ0n) is 23.5. The fourth-order valence-electron chi connectivity index (χ4n) is 4.05. The summed E-state index contributed by atoms with van der Waals surface area (Å²) in [6.07, 6.45) is 1.46. The van der Waals surface area contributed by atoms with Crippen LogP contribution in [0, 0.1) is 25.2 Å². The quantitative estimate of drug-likeness (QED) is 0.137. The maximum Gasteiger partial charge on any atom is 0.266 e. The Balaban J connectivity index is 1.44. The molecule has 6 nitrogen and oxygen atoms in total. The molecule has 0 bridgehead atoms. The summed E-state index contributed by atoms with van der Waals surface area (Å²) < 4.78 is 17.6. The van der Waals surface area contributed by atoms with Gasteiger partial charge in [-0.15, -0.1) is 0 Å². The lowest BCUT2D eigenvalue weighted by Crippen LogP contribution is -2.13. The lowest BCUT2D eigenvalue weighted by atomic mass is 10.1. The molecular weight excluding hydrogens is 571 g/mol. The van der Waals surface area contributed by atoms with Crippen LogP contribution in [0.25, 0.3) is 6.08 Å². The molecule has 0 atom stereocenters. The van der Waals surface area contributed by atoms with Crippen molar-refractivity contribution in [2.24, 2.45) is 0 Å². The first-order valence-corrected chi connectivity index (χ1v) is 14.1. The molecule has 0 aliphatic rings. The van der Waals surface area contributed by atoms with Gasteiger partial charge in [-0.05, 0) is 91.6 Å². The standard InChI is InChI=1S/C34H30Cl2N2O4/c1-4-40-32-18-25(17-31(36)33(32)42-20-24-10-9-22(2)23(3)15-24)16-27(19-37)34(39)38-28-11-13-29(14-12-28)41-21-26-7-5-6-8-30(26)35/h5-18H,4,20-21H2,1-3H3,(H,38,39)/b27-16+. The first-order chi connectivity index (χ1) is 20.3. The summed E-state index contributed by atoms with van der Waals surface area (Å²) in [5.41, 5.74) is 5.18. The van der Waals surface area contributed by atoms with Crippen molar-refractivity contribution in [1.29, 1.82) is 5.26 Å². The van der Waals surface area contributed by atoms with E-state index < -0.39 is 5.91 Å². The van der Waals surface area contributed by atoms with Crippen molar-refractivity contribution in [1.82, 2.24) is 0 Å². The van der Waals surface area contributed by atoms with Crippen molar-refractivity contribution < 1.29 is 19.0 Å². The van der Waals surface area contributed by atoms with Crippen LogP contribution in [0.3, 0.4) is 0 Å². The van der Waals surface area contributed by atoms with E-state index >= 15 is 0 Å². The number of nitriles is 1. The Morgan fingerprint density at radius 1 is 0.881 bits per heavy atom. The van der Waals surface area contributed by atoms with Gasteiger partial charge in [0.2, 0.25) is 0 Å². The minimum absolute atomic E-state index is 0.101. The van der Waals surface area contributed by atoms with E-state index in [-0.39, 0.29) is 5.57 Å². The summed E-state index contributed by atoms with van der Waals surface area (Å²) in [7, 11) is 0. The van der Waals surface area contributed by atoms with Crippen LogP contribution >= 0.6 is 23.2 Å². The highest BCUT2D eigenvalue weighted by Gasteiger charge is 2.15. The van der Waals surface area contributed by atoms with Crippen LogP contribution in [-0.2, 0) is 18.0 Å². The van der Waals surface area contributed by atoms with Crippen LogP contribution in [-0.4, -0.2) is 12.5 Å². The second-order valence-corrected chi connectivity index (χ2v) is 10.3. The minimum atomic E-state index is -0.564. The lowest BCUT2D eigenvalue weighted by Gasteiger charge is -2.15. The molecule has 8 heteroatoms. The predicted octanol–water partition coefficient (Wildman–Crippen LogP) is 8.71. The van der Waals surface area contributed by atoms with E-state index in [2.05, 4.69) is 25.2 Å². The number of rotatable bonds is 11.